The summed E-state index contributed by atoms with van der Waals surface area (Å²) in [6.07, 6.45) is 0. The first-order valence-electron chi connectivity index (χ1n) is 1.94. The number of nitrogens with zero attached hydrogens (tertiary/aromatic N) is 1. The topological polar surface area (TPSA) is 55.4 Å². The molecule has 0 bridgehead atoms. The number of carbonyl (C=O) groups excluding carboxylic acids is 1. The molecule has 0 aromatic carbocycles. The Morgan fingerprint density at radius 2 is 2.57 bits per heavy atom. The van der Waals surface area contributed by atoms with Gasteiger partial charge >= 0.3 is 6.03 Å². The fourth-order valence-electron chi connectivity index (χ4n) is 0.140. The van der Waals surface area contributed by atoms with E-state index in [1.807, 2.05) is 6.92 Å². The maximum Gasteiger partial charge on any atom is 0.344 e. The quantitative estimate of drug-likeness (QED) is 0.473. The molecule has 0 aliphatic rings. The van der Waals surface area contributed by atoms with Crippen molar-refractivity contribution in [3.63, 3.8) is 0 Å². The van der Waals surface area contributed by atoms with Crippen LogP contribution in [0.2, 0.25) is 0 Å². The van der Waals surface area contributed by atoms with Crippen LogP contribution in [0.4, 0.5) is 4.79 Å². The largest absolute Gasteiger partial charge is 0.349 e. The summed E-state index contributed by atoms with van der Waals surface area (Å²) in [5.74, 6) is 0.850. The van der Waals surface area contributed by atoms with Gasteiger partial charge in [-0.25, -0.2) is 4.79 Å². The van der Waals surface area contributed by atoms with Crippen LogP contribution < -0.4 is 5.73 Å². The van der Waals surface area contributed by atoms with E-state index >= 15 is 0 Å². The lowest BCUT2D eigenvalue weighted by Gasteiger charge is -1.75. The van der Waals surface area contributed by atoms with Crippen molar-refractivity contribution in [2.75, 3.05) is 5.75 Å². The Morgan fingerprint density at radius 1 is 2.00 bits per heavy atom. The third-order valence-electron chi connectivity index (χ3n) is 0.311. The zero-order valence-electron chi connectivity index (χ0n) is 4.09. The highest BCUT2D eigenvalue weighted by atomic mass is 32.1. The predicted octanol–water partition coefficient (Wildman–Crippen LogP) is 0.0835. The Morgan fingerprint density at radius 3 is 2.71 bits per heavy atom. The standard InChI is InChI=1S/C3H8N2OS/c1-2-7-5-3(4)6/h7H,2H2,1H3,(H2,4,6). The van der Waals surface area contributed by atoms with E-state index in [-0.39, 0.29) is 0 Å². The lowest BCUT2D eigenvalue weighted by atomic mass is 11.0. The molecule has 3 nitrogen and oxygen atoms in total. The number of carbonyl (C=O) groups is 1. The average molecular weight is 120 g/mol. The number of urea groups is 1. The maximum atomic E-state index is 9.81. The first-order valence-corrected chi connectivity index (χ1v) is 2.97. The van der Waals surface area contributed by atoms with E-state index in [4.69, 9.17) is 0 Å². The predicted molar refractivity (Wildman–Crippen MR) is 31.3 cm³/mol. The molecule has 4 heteroatoms. The molecule has 7 heavy (non-hydrogen) atoms. The molecule has 0 rings (SSSR count). The maximum absolute atomic E-state index is 9.81. The minimum absolute atomic E-state index is 0.580. The van der Waals surface area contributed by atoms with Crippen LogP contribution in [0.1, 0.15) is 6.92 Å². The van der Waals surface area contributed by atoms with E-state index in [1.54, 1.807) is 0 Å². The summed E-state index contributed by atoms with van der Waals surface area (Å²) in [4.78, 5) is 9.81. The highest BCUT2D eigenvalue weighted by Crippen LogP contribution is 1.66. The molecule has 0 aromatic rings. The number of hydrogen-bond acceptors (Lipinski definition) is 1. The van der Waals surface area contributed by atoms with E-state index < -0.39 is 6.03 Å². The van der Waals surface area contributed by atoms with Crippen molar-refractivity contribution in [2.24, 2.45) is 10.1 Å². The molecule has 0 radical (unpaired) electrons. The Labute approximate surface area is 46.0 Å². The molecule has 0 aromatic heterocycles. The highest BCUT2D eigenvalue weighted by Gasteiger charge is 1.76. The monoisotopic (exact) mass is 120 g/mol. The smallest absolute Gasteiger partial charge is 0.344 e. The molecule has 0 spiro atoms. The van der Waals surface area contributed by atoms with Gasteiger partial charge in [0.05, 0.1) is 0 Å². The van der Waals surface area contributed by atoms with Gasteiger partial charge in [-0.1, -0.05) is 6.92 Å². The summed E-state index contributed by atoms with van der Waals surface area (Å²) in [5, 5.41) is 0. The van der Waals surface area contributed by atoms with Crippen molar-refractivity contribution in [1.82, 2.24) is 0 Å². The minimum atomic E-state index is -0.580. The van der Waals surface area contributed by atoms with Crippen LogP contribution in [-0.4, -0.2) is 11.8 Å². The van der Waals surface area contributed by atoms with Crippen molar-refractivity contribution in [2.45, 2.75) is 6.92 Å². The fourth-order valence-corrected chi connectivity index (χ4v) is 0.421. The van der Waals surface area contributed by atoms with Gasteiger partial charge in [-0.2, -0.15) is 4.36 Å². The zero-order valence-corrected chi connectivity index (χ0v) is 4.98. The van der Waals surface area contributed by atoms with Crippen molar-refractivity contribution >= 4 is 17.6 Å². The molecule has 0 saturated heterocycles. The van der Waals surface area contributed by atoms with Gasteiger partial charge in [0.25, 0.3) is 0 Å². The van der Waals surface area contributed by atoms with Crippen LogP contribution in [0.15, 0.2) is 4.36 Å². The van der Waals surface area contributed by atoms with Gasteiger partial charge in [-0.3, -0.25) is 0 Å². The highest BCUT2D eigenvalue weighted by molar-refractivity contribution is 7.68. The molecule has 2 N–H and O–H groups in total. The first kappa shape index (κ1) is 6.62. The number of thiol groups is 1. The van der Waals surface area contributed by atoms with Crippen LogP contribution in [0.25, 0.3) is 0 Å². The molecule has 0 saturated carbocycles. The van der Waals surface area contributed by atoms with Crippen molar-refractivity contribution in [3.05, 3.63) is 0 Å². The number of amides is 2. The Balaban J connectivity index is 3.26. The number of nitrogens with two attached hydrogens (primary N) is 1. The van der Waals surface area contributed by atoms with Gasteiger partial charge in [-0.15, -0.1) is 11.6 Å². The van der Waals surface area contributed by atoms with E-state index in [1.165, 1.54) is 0 Å². The average Bonchev–Trinajstić information content (AvgIpc) is 1.61. The van der Waals surface area contributed by atoms with E-state index in [0.717, 1.165) is 17.3 Å². The van der Waals surface area contributed by atoms with Gasteiger partial charge in [0.1, 0.15) is 0 Å². The van der Waals surface area contributed by atoms with Gasteiger partial charge in [0.2, 0.25) is 0 Å². The summed E-state index contributed by atoms with van der Waals surface area (Å²) < 4.78 is 3.35. The van der Waals surface area contributed by atoms with Crippen molar-refractivity contribution in [1.29, 1.82) is 0 Å². The van der Waals surface area contributed by atoms with Crippen LogP contribution in [-0.2, 0) is 11.6 Å². The molecular weight excluding hydrogens is 112 g/mol. The SMILES string of the molecule is CC[SH]=NC(N)=O. The van der Waals surface area contributed by atoms with E-state index in [2.05, 4.69) is 10.1 Å². The number of rotatable bonds is 1. The second-order valence-corrected chi connectivity index (χ2v) is 2.01. The van der Waals surface area contributed by atoms with E-state index in [9.17, 15) is 4.79 Å². The zero-order chi connectivity index (χ0) is 5.70. The minimum Gasteiger partial charge on any atom is -0.349 e. The fraction of sp³-hybridized carbons (Fsp3) is 0.667. The summed E-state index contributed by atoms with van der Waals surface area (Å²) in [5.41, 5.74) is 4.67. The molecule has 0 aliphatic carbocycles. The Kier molecular flexibility index (Phi) is 3.59. The lowest BCUT2D eigenvalue weighted by molar-refractivity contribution is 0.257. The third-order valence-corrected chi connectivity index (χ3v) is 0.932. The number of hydrogen-bond donors (Lipinski definition) is 2. The normalized spacial score (nSPS) is 11.0. The molecule has 0 heterocycles. The van der Waals surface area contributed by atoms with Crippen LogP contribution in [0, 0.1) is 0 Å². The van der Waals surface area contributed by atoms with Crippen molar-refractivity contribution in [3.8, 4) is 0 Å². The molecular formula is C3H8N2OS. The summed E-state index contributed by atoms with van der Waals surface area (Å²) in [6, 6.07) is -0.580. The van der Waals surface area contributed by atoms with E-state index in [0.29, 0.717) is 0 Å². The van der Waals surface area contributed by atoms with Gasteiger partial charge in [0.15, 0.2) is 0 Å². The Hall–Kier alpha value is -0.380. The second kappa shape index (κ2) is 3.80. The number of primary amides is 1. The molecule has 0 atom stereocenters. The second-order valence-electron chi connectivity index (χ2n) is 0.896. The lowest BCUT2D eigenvalue weighted by Crippen LogP contribution is -2.02. The summed E-state index contributed by atoms with van der Waals surface area (Å²) in [6.45, 7) is 1.92. The van der Waals surface area contributed by atoms with Gasteiger partial charge in [-0.05, 0) is 5.75 Å². The Bertz CT molecular complexity index is 90.9. The van der Waals surface area contributed by atoms with Crippen LogP contribution in [0.3, 0.4) is 0 Å². The van der Waals surface area contributed by atoms with Crippen LogP contribution >= 0.6 is 0 Å². The molecule has 0 unspecified atom stereocenters. The molecule has 2 amide bonds. The van der Waals surface area contributed by atoms with Gasteiger partial charge in [0, 0.05) is 0 Å². The van der Waals surface area contributed by atoms with Gasteiger partial charge < -0.3 is 5.73 Å². The summed E-state index contributed by atoms with van der Waals surface area (Å²) >= 11 is 0.756. The van der Waals surface area contributed by atoms with Crippen LogP contribution in [0.5, 0.6) is 0 Å². The molecule has 0 fully saturated rings. The molecule has 0 aliphatic heterocycles. The van der Waals surface area contributed by atoms with Crippen molar-refractivity contribution < 1.29 is 4.79 Å². The summed E-state index contributed by atoms with van der Waals surface area (Å²) in [7, 11) is 0. The first-order chi connectivity index (χ1) is 3.27. The molecule has 42 valence electrons. The third kappa shape index (κ3) is 5.62.